The third kappa shape index (κ3) is 1.63. The summed E-state index contributed by atoms with van der Waals surface area (Å²) in [6, 6.07) is 0. The van der Waals surface area contributed by atoms with E-state index in [0.717, 1.165) is 4.90 Å². The van der Waals surface area contributed by atoms with E-state index in [1.54, 1.807) is 13.8 Å². The first-order valence-corrected chi connectivity index (χ1v) is 5.90. The molecule has 6 nitrogen and oxygen atoms in total. The van der Waals surface area contributed by atoms with Crippen LogP contribution >= 0.6 is 0 Å². The van der Waals surface area contributed by atoms with Gasteiger partial charge in [-0.2, -0.15) is 0 Å². The lowest BCUT2D eigenvalue weighted by Gasteiger charge is -2.38. The number of imide groups is 2. The molecule has 2 fully saturated rings. The molecule has 1 atom stereocenters. The summed E-state index contributed by atoms with van der Waals surface area (Å²) in [6.07, 6.45) is 0.424. The van der Waals surface area contributed by atoms with Crippen LogP contribution in [0, 0.1) is 5.41 Å². The highest BCUT2D eigenvalue weighted by molar-refractivity contribution is 6.12. The highest BCUT2D eigenvalue weighted by Crippen LogP contribution is 2.38. The molecule has 0 aromatic heterocycles. The molecule has 6 heteroatoms. The lowest BCUT2D eigenvalue weighted by molar-refractivity contribution is -0.158. The SMILES string of the molecule is CC1(C)CC(=O)N(C2(C)CCC(=O)NC2=O)C1=O. The van der Waals surface area contributed by atoms with E-state index < -0.39 is 16.9 Å². The molecule has 0 radical (unpaired) electrons. The zero-order chi connectivity index (χ0) is 13.7. The van der Waals surface area contributed by atoms with Crippen LogP contribution in [0.5, 0.6) is 0 Å². The first-order chi connectivity index (χ1) is 8.18. The van der Waals surface area contributed by atoms with E-state index in [1.165, 1.54) is 6.92 Å². The highest BCUT2D eigenvalue weighted by Gasteiger charge is 2.56. The van der Waals surface area contributed by atoms with E-state index in [9.17, 15) is 19.2 Å². The number of nitrogens with zero attached hydrogens (tertiary/aromatic N) is 1. The van der Waals surface area contributed by atoms with Gasteiger partial charge in [0.2, 0.25) is 17.7 Å². The third-order valence-electron chi connectivity index (χ3n) is 3.70. The van der Waals surface area contributed by atoms with Crippen molar-refractivity contribution in [3.8, 4) is 0 Å². The van der Waals surface area contributed by atoms with Gasteiger partial charge in [0.1, 0.15) is 5.54 Å². The molecule has 0 aromatic rings. The molecular weight excluding hydrogens is 236 g/mol. The summed E-state index contributed by atoms with van der Waals surface area (Å²) in [5, 5.41) is 2.19. The number of piperidine rings is 1. The average molecular weight is 252 g/mol. The number of likely N-dealkylation sites (tertiary alicyclic amines) is 1. The molecular formula is C12H16N2O4. The van der Waals surface area contributed by atoms with Gasteiger partial charge in [0.05, 0.1) is 5.41 Å². The fraction of sp³-hybridized carbons (Fsp3) is 0.667. The Bertz CT molecular complexity index is 469. The predicted molar refractivity (Wildman–Crippen MR) is 61.0 cm³/mol. The van der Waals surface area contributed by atoms with Crippen LogP contribution in [0.25, 0.3) is 0 Å². The van der Waals surface area contributed by atoms with Gasteiger partial charge in [-0.25, -0.2) is 0 Å². The van der Waals surface area contributed by atoms with Crippen molar-refractivity contribution < 1.29 is 19.2 Å². The summed E-state index contributed by atoms with van der Waals surface area (Å²) in [4.78, 5) is 48.3. The van der Waals surface area contributed by atoms with Gasteiger partial charge in [0, 0.05) is 12.8 Å². The van der Waals surface area contributed by atoms with Crippen molar-refractivity contribution in [2.75, 3.05) is 0 Å². The molecule has 0 spiro atoms. The van der Waals surface area contributed by atoms with Crippen molar-refractivity contribution in [1.82, 2.24) is 10.2 Å². The predicted octanol–water partition coefficient (Wildman–Crippen LogP) is -0.0332. The second kappa shape index (κ2) is 3.63. The Balaban J connectivity index is 2.36. The third-order valence-corrected chi connectivity index (χ3v) is 3.70. The minimum atomic E-state index is -1.24. The molecule has 0 bridgehead atoms. The lowest BCUT2D eigenvalue weighted by atomic mass is 9.88. The standard InChI is InChI=1S/C12H16N2O4/c1-11(2)6-8(16)14(10(11)18)12(3)5-4-7(15)13-9(12)17/h4-6H2,1-3H3,(H,13,15,17). The Morgan fingerprint density at radius 2 is 1.72 bits per heavy atom. The molecule has 0 aromatic carbocycles. The smallest absolute Gasteiger partial charge is 0.252 e. The topological polar surface area (TPSA) is 83.6 Å². The second-order valence-electron chi connectivity index (χ2n) is 5.75. The number of hydrogen-bond donors (Lipinski definition) is 1. The minimum absolute atomic E-state index is 0.0999. The Kier molecular flexibility index (Phi) is 2.57. The van der Waals surface area contributed by atoms with Gasteiger partial charge in [-0.05, 0) is 13.3 Å². The van der Waals surface area contributed by atoms with Crippen molar-refractivity contribution in [3.63, 3.8) is 0 Å². The highest BCUT2D eigenvalue weighted by atomic mass is 16.2. The van der Waals surface area contributed by atoms with Gasteiger partial charge in [0.25, 0.3) is 5.91 Å². The lowest BCUT2D eigenvalue weighted by Crippen LogP contribution is -2.63. The van der Waals surface area contributed by atoms with Crippen molar-refractivity contribution >= 4 is 23.6 Å². The summed E-state index contributed by atoms with van der Waals surface area (Å²) in [6.45, 7) is 4.90. The van der Waals surface area contributed by atoms with Crippen molar-refractivity contribution in [2.45, 2.75) is 45.6 Å². The molecule has 2 aliphatic rings. The van der Waals surface area contributed by atoms with Gasteiger partial charge < -0.3 is 0 Å². The molecule has 18 heavy (non-hydrogen) atoms. The summed E-state index contributed by atoms with van der Waals surface area (Å²) < 4.78 is 0. The van der Waals surface area contributed by atoms with E-state index in [0.29, 0.717) is 0 Å². The number of nitrogens with one attached hydrogen (secondary N) is 1. The number of amides is 4. The van der Waals surface area contributed by atoms with Crippen LogP contribution in [0.15, 0.2) is 0 Å². The van der Waals surface area contributed by atoms with E-state index in [-0.39, 0.29) is 37.0 Å². The maximum atomic E-state index is 12.2. The molecule has 0 aliphatic carbocycles. The first-order valence-electron chi connectivity index (χ1n) is 5.90. The number of rotatable bonds is 1. The van der Waals surface area contributed by atoms with Crippen LogP contribution in [-0.4, -0.2) is 34.1 Å². The number of hydrogen-bond acceptors (Lipinski definition) is 4. The normalized spacial score (nSPS) is 31.8. The first kappa shape index (κ1) is 12.7. The van der Waals surface area contributed by atoms with Gasteiger partial charge in [-0.3, -0.25) is 29.4 Å². The molecule has 2 aliphatic heterocycles. The van der Waals surface area contributed by atoms with E-state index in [1.807, 2.05) is 0 Å². The summed E-state index contributed by atoms with van der Waals surface area (Å²) in [7, 11) is 0. The Morgan fingerprint density at radius 3 is 2.17 bits per heavy atom. The maximum absolute atomic E-state index is 12.2. The Labute approximate surface area is 105 Å². The minimum Gasteiger partial charge on any atom is -0.294 e. The Morgan fingerprint density at radius 1 is 1.11 bits per heavy atom. The van der Waals surface area contributed by atoms with Crippen molar-refractivity contribution in [1.29, 1.82) is 0 Å². The molecule has 2 heterocycles. The number of carbonyl (C=O) groups is 4. The van der Waals surface area contributed by atoms with Gasteiger partial charge in [-0.1, -0.05) is 13.8 Å². The monoisotopic (exact) mass is 252 g/mol. The summed E-state index contributed by atoms with van der Waals surface area (Å²) >= 11 is 0. The number of carbonyl (C=O) groups excluding carboxylic acids is 4. The molecule has 0 saturated carbocycles. The van der Waals surface area contributed by atoms with Crippen molar-refractivity contribution in [3.05, 3.63) is 0 Å². The fourth-order valence-electron chi connectivity index (χ4n) is 2.46. The molecule has 1 unspecified atom stereocenters. The molecule has 4 amide bonds. The molecule has 2 rings (SSSR count). The summed E-state index contributed by atoms with van der Waals surface area (Å²) in [5.41, 5.74) is -2.02. The zero-order valence-electron chi connectivity index (χ0n) is 10.7. The summed E-state index contributed by atoms with van der Waals surface area (Å²) in [5.74, 6) is -1.63. The van der Waals surface area contributed by atoms with E-state index in [4.69, 9.17) is 0 Å². The maximum Gasteiger partial charge on any atom is 0.252 e. The van der Waals surface area contributed by atoms with Crippen LogP contribution in [0.4, 0.5) is 0 Å². The molecule has 98 valence electrons. The van der Waals surface area contributed by atoms with Crippen LogP contribution in [0.2, 0.25) is 0 Å². The molecule has 1 N–H and O–H groups in total. The van der Waals surface area contributed by atoms with Gasteiger partial charge in [-0.15, -0.1) is 0 Å². The van der Waals surface area contributed by atoms with Crippen LogP contribution in [0.1, 0.15) is 40.0 Å². The van der Waals surface area contributed by atoms with E-state index in [2.05, 4.69) is 5.32 Å². The van der Waals surface area contributed by atoms with Gasteiger partial charge in [0.15, 0.2) is 0 Å². The van der Waals surface area contributed by atoms with E-state index >= 15 is 0 Å². The average Bonchev–Trinajstić information content (AvgIpc) is 2.43. The quantitative estimate of drug-likeness (QED) is 0.664. The van der Waals surface area contributed by atoms with Crippen LogP contribution < -0.4 is 5.32 Å². The molecule has 2 saturated heterocycles. The van der Waals surface area contributed by atoms with Crippen LogP contribution in [0.3, 0.4) is 0 Å². The second-order valence-corrected chi connectivity index (χ2v) is 5.75. The largest absolute Gasteiger partial charge is 0.294 e. The van der Waals surface area contributed by atoms with Crippen LogP contribution in [-0.2, 0) is 19.2 Å². The Hall–Kier alpha value is -1.72. The fourth-order valence-corrected chi connectivity index (χ4v) is 2.46. The zero-order valence-corrected chi connectivity index (χ0v) is 10.7. The van der Waals surface area contributed by atoms with Gasteiger partial charge >= 0.3 is 0 Å². The van der Waals surface area contributed by atoms with Crippen molar-refractivity contribution in [2.24, 2.45) is 5.41 Å².